The minimum Gasteiger partial charge on any atom is -0.454 e. The van der Waals surface area contributed by atoms with Gasteiger partial charge in [-0.05, 0) is 63.3 Å². The quantitative estimate of drug-likeness (QED) is 0.168. The molecular weight excluding hydrogens is 864 g/mol. The number of alkyl carbamates (subject to hydrolysis) is 1. The Morgan fingerprint density at radius 3 is 2.14 bits per heavy atom. The predicted octanol–water partition coefficient (Wildman–Crippen LogP) is 4.29. The zero-order valence-corrected chi connectivity index (χ0v) is 38.1. The fraction of sp³-hybridized carbons (Fsp3) is 0.667. The van der Waals surface area contributed by atoms with Crippen LogP contribution in [0.2, 0.25) is 0 Å². The summed E-state index contributed by atoms with van der Waals surface area (Å²) in [5.74, 6) is -7.38. The summed E-state index contributed by atoms with van der Waals surface area (Å²) in [5, 5.41) is 25.2. The molecule has 65 heavy (non-hydrogen) atoms. The van der Waals surface area contributed by atoms with Crippen molar-refractivity contribution in [3.63, 3.8) is 0 Å². The van der Waals surface area contributed by atoms with Gasteiger partial charge in [0.2, 0.25) is 5.60 Å². The summed E-state index contributed by atoms with van der Waals surface area (Å²) in [6.07, 6.45) is -20.7. The summed E-state index contributed by atoms with van der Waals surface area (Å²) >= 11 is 0. The van der Waals surface area contributed by atoms with Gasteiger partial charge in [0.25, 0.3) is 6.43 Å². The Hall–Kier alpha value is -5.21. The van der Waals surface area contributed by atoms with E-state index in [9.17, 15) is 47.8 Å². The van der Waals surface area contributed by atoms with Crippen molar-refractivity contribution in [2.75, 3.05) is 6.61 Å². The van der Waals surface area contributed by atoms with Crippen LogP contribution in [-0.4, -0.2) is 131 Å². The number of carbonyl (C=O) groups is 7. The second-order valence-electron chi connectivity index (χ2n) is 20.2. The van der Waals surface area contributed by atoms with Gasteiger partial charge in [-0.1, -0.05) is 52.8 Å². The van der Waals surface area contributed by atoms with E-state index in [0.29, 0.717) is 0 Å². The molecule has 20 heteroatoms. The van der Waals surface area contributed by atoms with E-state index in [4.69, 9.17) is 37.9 Å². The highest BCUT2D eigenvalue weighted by atomic mass is 19.3. The minimum atomic E-state index is -3.59. The molecule has 1 amide bonds. The summed E-state index contributed by atoms with van der Waals surface area (Å²) < 4.78 is 76.6. The van der Waals surface area contributed by atoms with Gasteiger partial charge in [0.15, 0.2) is 41.9 Å². The molecule has 1 aromatic carbocycles. The number of esters is 4. The van der Waals surface area contributed by atoms with Crippen LogP contribution < -0.4 is 5.32 Å². The van der Waals surface area contributed by atoms with Crippen LogP contribution in [0.3, 0.4) is 0 Å². The van der Waals surface area contributed by atoms with Gasteiger partial charge in [0, 0.05) is 18.8 Å². The average molecular weight is 922 g/mol. The lowest BCUT2D eigenvalue weighted by atomic mass is 9.44. The number of hydrogen-bond acceptors (Lipinski definition) is 17. The number of amides is 1. The van der Waals surface area contributed by atoms with Crippen molar-refractivity contribution in [1.82, 2.24) is 5.32 Å². The number of hydrogen-bond donors (Lipinski definition) is 3. The maximum Gasteiger partial charge on any atom is 0.509 e. The van der Waals surface area contributed by atoms with Crippen LogP contribution in [-0.2, 0) is 57.1 Å². The molecule has 3 N–H and O–H groups in total. The monoisotopic (exact) mass is 921 g/mol. The van der Waals surface area contributed by atoms with Crippen LogP contribution >= 0.6 is 0 Å². The van der Waals surface area contributed by atoms with Crippen molar-refractivity contribution in [3.8, 4) is 0 Å². The van der Waals surface area contributed by atoms with Crippen molar-refractivity contribution in [1.29, 1.82) is 0 Å². The first-order chi connectivity index (χ1) is 29.9. The summed E-state index contributed by atoms with van der Waals surface area (Å²) in [4.78, 5) is 98.0. The Bertz CT molecular complexity index is 2150. The molecule has 2 aliphatic heterocycles. The SMILES string of the molecule is CC(=O)O[C@@]12CO[C@@H]1C[C@H](O)[C@@]1(C)C(=O)[C@H](OC(=O)CC(C)(C)C)C3=C(C)[C@@H](OC(=O)[C@H](O)[C@@H](NC(=O)OC(C)(C)C)C(F)F)[C@@H]4OC(=O)O[C@]4([C@@H](OC(=O)c4ccccc4)[C@H]21)C3(C)C. The van der Waals surface area contributed by atoms with Gasteiger partial charge < -0.3 is 53.4 Å². The molecule has 5 aliphatic rings. The minimum absolute atomic E-state index is 0.0451. The molecule has 0 unspecified atom stereocenters. The fourth-order valence-electron chi connectivity index (χ4n) is 10.3. The molecule has 0 aromatic heterocycles. The Kier molecular flexibility index (Phi) is 12.8. The van der Waals surface area contributed by atoms with Crippen LogP contribution in [0.4, 0.5) is 18.4 Å². The van der Waals surface area contributed by atoms with Crippen LogP contribution in [0.25, 0.3) is 0 Å². The first kappa shape index (κ1) is 49.2. The van der Waals surface area contributed by atoms with Gasteiger partial charge in [0.05, 0.1) is 36.0 Å². The van der Waals surface area contributed by atoms with E-state index >= 15 is 4.79 Å². The largest absolute Gasteiger partial charge is 0.509 e. The Morgan fingerprint density at radius 2 is 1.60 bits per heavy atom. The van der Waals surface area contributed by atoms with Crippen LogP contribution in [0, 0.1) is 22.2 Å². The molecule has 2 saturated carbocycles. The molecule has 3 aliphatic carbocycles. The zero-order valence-electron chi connectivity index (χ0n) is 38.1. The highest BCUT2D eigenvalue weighted by Crippen LogP contribution is 2.67. The third-order valence-electron chi connectivity index (χ3n) is 13.1. The molecule has 2 bridgehead atoms. The zero-order chi connectivity index (χ0) is 48.6. The lowest BCUT2D eigenvalue weighted by Crippen LogP contribution is -2.83. The van der Waals surface area contributed by atoms with E-state index in [2.05, 4.69) is 0 Å². The highest BCUT2D eigenvalue weighted by Gasteiger charge is 2.83. The number of aliphatic hydroxyl groups excluding tert-OH is 2. The number of Topliss-reactive ketones (excluding diaryl/α,β-unsaturated/α-hetero) is 1. The Balaban J connectivity index is 1.64. The maximum atomic E-state index is 15.8. The predicted molar refractivity (Wildman–Crippen MR) is 217 cm³/mol. The third-order valence-corrected chi connectivity index (χ3v) is 13.1. The van der Waals surface area contributed by atoms with Gasteiger partial charge >= 0.3 is 36.1 Å². The number of aliphatic hydroxyl groups is 2. The molecule has 12 atom stereocenters. The summed E-state index contributed by atoms with van der Waals surface area (Å²) in [5.41, 5.74) is -10.9. The van der Waals surface area contributed by atoms with Gasteiger partial charge in [-0.25, -0.2) is 28.0 Å². The van der Waals surface area contributed by atoms with Crippen molar-refractivity contribution in [2.24, 2.45) is 22.2 Å². The number of benzene rings is 1. The van der Waals surface area contributed by atoms with Gasteiger partial charge in [-0.15, -0.1) is 0 Å². The lowest BCUT2D eigenvalue weighted by molar-refractivity contribution is -0.345. The maximum absolute atomic E-state index is 15.8. The number of carbonyl (C=O) groups excluding carboxylic acids is 7. The van der Waals surface area contributed by atoms with Crippen LogP contribution in [0.15, 0.2) is 41.5 Å². The van der Waals surface area contributed by atoms with E-state index in [-0.39, 0.29) is 29.6 Å². The van der Waals surface area contributed by atoms with Crippen LogP contribution in [0.5, 0.6) is 0 Å². The smallest absolute Gasteiger partial charge is 0.454 e. The summed E-state index contributed by atoms with van der Waals surface area (Å²) in [6.45, 7) is 15.7. The molecule has 2 heterocycles. The van der Waals surface area contributed by atoms with E-state index in [1.54, 1.807) is 32.2 Å². The second kappa shape index (κ2) is 16.9. The molecule has 18 nitrogen and oxygen atoms in total. The first-order valence-corrected chi connectivity index (χ1v) is 21.2. The van der Waals surface area contributed by atoms with Crippen molar-refractivity contribution in [3.05, 3.63) is 47.0 Å². The normalized spacial score (nSPS) is 33.4. The number of fused-ring (bicyclic) bond motifs is 4. The van der Waals surface area contributed by atoms with Crippen molar-refractivity contribution < 1.29 is 90.5 Å². The lowest BCUT2D eigenvalue weighted by Gasteiger charge is -2.67. The third kappa shape index (κ3) is 8.45. The Labute approximate surface area is 373 Å². The molecule has 1 spiro atoms. The summed E-state index contributed by atoms with van der Waals surface area (Å²) in [6, 6.07) is 4.85. The van der Waals surface area contributed by atoms with Crippen molar-refractivity contribution >= 4 is 41.9 Å². The average Bonchev–Trinajstić information content (AvgIpc) is 3.54. The van der Waals surface area contributed by atoms with E-state index in [1.165, 1.54) is 72.7 Å². The van der Waals surface area contributed by atoms with Gasteiger partial charge in [0.1, 0.15) is 17.7 Å². The summed E-state index contributed by atoms with van der Waals surface area (Å²) in [7, 11) is 0. The fourth-order valence-corrected chi connectivity index (χ4v) is 10.3. The number of halogens is 2. The molecule has 2 saturated heterocycles. The standard InChI is InChI=1S/C45H57F2NO17/c1-20-26-30(59-25(51)18-40(3,4)5)32(53)43(11)23(50)17-24-44(19-58-24,63-21(2)49)31(43)34(61-36(54)22-15-13-12-14-16-22)45(42(26,9)10)33(62-39(57)65-45)29(20)60-37(55)28(52)27(35(46)47)48-38(56)64-41(6,7)8/h12-16,23-24,27-31,33-35,50,52H,17-19H2,1-11H3,(H,48,56)/t23-,24+,27+,28+,29+,30+,31-,33-,34-,43+,44-,45+/m0/s1. The number of alkyl halides is 2. The molecule has 0 radical (unpaired) electrons. The first-order valence-electron chi connectivity index (χ1n) is 21.2. The number of nitrogens with one attached hydrogen (secondary N) is 1. The molecule has 6 rings (SSSR count). The molecule has 358 valence electrons. The molecule has 1 aromatic rings. The van der Waals surface area contributed by atoms with E-state index in [1.807, 2.05) is 0 Å². The van der Waals surface area contributed by atoms with Crippen molar-refractivity contribution in [2.45, 2.75) is 161 Å². The van der Waals surface area contributed by atoms with Gasteiger partial charge in [-0.3, -0.25) is 14.4 Å². The topological polar surface area (TPSA) is 246 Å². The number of ketones is 1. The second-order valence-corrected chi connectivity index (χ2v) is 20.2. The van der Waals surface area contributed by atoms with Crippen LogP contribution in [0.1, 0.15) is 99.4 Å². The molecular formula is C45H57F2NO17. The number of rotatable bonds is 10. The highest BCUT2D eigenvalue weighted by molar-refractivity contribution is 5.96. The van der Waals surface area contributed by atoms with E-state index < -0.39 is 143 Å². The molecule has 4 fully saturated rings. The number of ether oxygens (including phenoxy) is 8. The van der Waals surface area contributed by atoms with E-state index in [0.717, 1.165) is 6.92 Å². The van der Waals surface area contributed by atoms with Gasteiger partial charge in [-0.2, -0.15) is 0 Å². The Morgan fingerprint density at radius 1 is 0.969 bits per heavy atom.